The average Bonchev–Trinajstić information content (AvgIpc) is 2.17. The molecule has 3 N–H and O–H groups in total. The summed E-state index contributed by atoms with van der Waals surface area (Å²) in [5.74, 6) is 0. The van der Waals surface area contributed by atoms with Crippen molar-refractivity contribution in [1.29, 1.82) is 0 Å². The number of nitrogens with two attached hydrogens (primary N) is 1. The van der Waals surface area contributed by atoms with E-state index in [9.17, 15) is 4.79 Å². The van der Waals surface area contributed by atoms with Crippen LogP contribution < -0.4 is 11.1 Å². The molecule has 12 heavy (non-hydrogen) atoms. The summed E-state index contributed by atoms with van der Waals surface area (Å²) in [6.45, 7) is 2.29. The van der Waals surface area contributed by atoms with Crippen molar-refractivity contribution in [3.05, 3.63) is 0 Å². The van der Waals surface area contributed by atoms with Gasteiger partial charge in [-0.15, -0.1) is 0 Å². The lowest BCUT2D eigenvalue weighted by molar-refractivity contribution is -0.00832. The lowest BCUT2D eigenvalue weighted by Gasteiger charge is -2.31. The second-order valence-electron chi connectivity index (χ2n) is 2.73. The van der Waals surface area contributed by atoms with E-state index in [1.807, 2.05) is 0 Å². The van der Waals surface area contributed by atoms with Crippen LogP contribution in [0.2, 0.25) is 0 Å². The Bertz CT molecular complexity index is 163. The Morgan fingerprint density at radius 3 is 3.17 bits per heavy atom. The SMILES string of the molecule is CNC(=O)N1CCOC(CN)C1. The molecule has 0 aliphatic carbocycles. The van der Waals surface area contributed by atoms with Crippen molar-refractivity contribution >= 4 is 6.03 Å². The normalized spacial score (nSPS) is 23.8. The van der Waals surface area contributed by atoms with Crippen molar-refractivity contribution in [2.24, 2.45) is 5.73 Å². The number of hydrogen-bond acceptors (Lipinski definition) is 3. The molecule has 1 rings (SSSR count). The third-order valence-corrected chi connectivity index (χ3v) is 1.90. The van der Waals surface area contributed by atoms with Crippen LogP contribution in [0, 0.1) is 0 Å². The smallest absolute Gasteiger partial charge is 0.317 e. The molecule has 0 aromatic rings. The van der Waals surface area contributed by atoms with Crippen LogP contribution in [0.1, 0.15) is 0 Å². The number of carbonyl (C=O) groups is 1. The maximum Gasteiger partial charge on any atom is 0.317 e. The van der Waals surface area contributed by atoms with E-state index in [0.717, 1.165) is 0 Å². The van der Waals surface area contributed by atoms with Gasteiger partial charge >= 0.3 is 6.03 Å². The third-order valence-electron chi connectivity index (χ3n) is 1.90. The van der Waals surface area contributed by atoms with Crippen LogP contribution in [-0.4, -0.2) is 50.3 Å². The molecule has 5 nitrogen and oxygen atoms in total. The van der Waals surface area contributed by atoms with Gasteiger partial charge in [0.05, 0.1) is 12.7 Å². The van der Waals surface area contributed by atoms with Crippen LogP contribution in [0.5, 0.6) is 0 Å². The molecule has 1 heterocycles. The summed E-state index contributed by atoms with van der Waals surface area (Å²) in [7, 11) is 1.62. The van der Waals surface area contributed by atoms with Gasteiger partial charge in [-0.25, -0.2) is 4.79 Å². The zero-order chi connectivity index (χ0) is 8.97. The predicted octanol–water partition coefficient (Wildman–Crippen LogP) is -1.01. The number of carbonyl (C=O) groups excluding carboxylic acids is 1. The van der Waals surface area contributed by atoms with Crippen molar-refractivity contribution in [3.8, 4) is 0 Å². The summed E-state index contributed by atoms with van der Waals surface area (Å²) in [6, 6.07) is -0.0586. The molecule has 0 radical (unpaired) electrons. The van der Waals surface area contributed by atoms with Gasteiger partial charge < -0.3 is 20.7 Å². The predicted molar refractivity (Wildman–Crippen MR) is 44.8 cm³/mol. The molecule has 1 atom stereocenters. The van der Waals surface area contributed by atoms with Crippen molar-refractivity contribution in [3.63, 3.8) is 0 Å². The van der Waals surface area contributed by atoms with E-state index in [1.165, 1.54) is 0 Å². The van der Waals surface area contributed by atoms with Crippen molar-refractivity contribution in [2.75, 3.05) is 33.3 Å². The molecule has 2 amide bonds. The van der Waals surface area contributed by atoms with Crippen LogP contribution in [0.4, 0.5) is 4.79 Å². The summed E-state index contributed by atoms with van der Waals surface area (Å²) < 4.78 is 5.31. The number of nitrogens with zero attached hydrogens (tertiary/aromatic N) is 1. The highest BCUT2D eigenvalue weighted by atomic mass is 16.5. The van der Waals surface area contributed by atoms with Crippen LogP contribution in [-0.2, 0) is 4.74 Å². The monoisotopic (exact) mass is 173 g/mol. The van der Waals surface area contributed by atoms with Gasteiger partial charge in [0.15, 0.2) is 0 Å². The Morgan fingerprint density at radius 1 is 1.83 bits per heavy atom. The highest BCUT2D eigenvalue weighted by Gasteiger charge is 2.21. The van der Waals surface area contributed by atoms with E-state index in [4.69, 9.17) is 10.5 Å². The quantitative estimate of drug-likeness (QED) is 0.533. The number of rotatable bonds is 1. The Kier molecular flexibility index (Phi) is 3.31. The summed E-state index contributed by atoms with van der Waals surface area (Å²) in [5.41, 5.74) is 5.42. The zero-order valence-corrected chi connectivity index (χ0v) is 7.25. The van der Waals surface area contributed by atoms with Gasteiger partial charge in [-0.05, 0) is 0 Å². The molecular formula is C7H15N3O2. The highest BCUT2D eigenvalue weighted by molar-refractivity contribution is 5.73. The molecule has 0 aromatic heterocycles. The number of hydrogen-bond donors (Lipinski definition) is 2. The highest BCUT2D eigenvalue weighted by Crippen LogP contribution is 2.03. The molecule has 1 aliphatic heterocycles. The van der Waals surface area contributed by atoms with Crippen molar-refractivity contribution in [1.82, 2.24) is 10.2 Å². The van der Waals surface area contributed by atoms with Gasteiger partial charge in [-0.3, -0.25) is 0 Å². The number of ether oxygens (including phenoxy) is 1. The fourth-order valence-corrected chi connectivity index (χ4v) is 1.20. The van der Waals surface area contributed by atoms with E-state index >= 15 is 0 Å². The van der Waals surface area contributed by atoms with Gasteiger partial charge in [0.25, 0.3) is 0 Å². The van der Waals surface area contributed by atoms with Gasteiger partial charge in [-0.2, -0.15) is 0 Å². The molecule has 70 valence electrons. The fraction of sp³-hybridized carbons (Fsp3) is 0.857. The van der Waals surface area contributed by atoms with E-state index < -0.39 is 0 Å². The zero-order valence-electron chi connectivity index (χ0n) is 7.25. The minimum atomic E-state index is -0.0586. The molecular weight excluding hydrogens is 158 g/mol. The summed E-state index contributed by atoms with van der Waals surface area (Å²) in [4.78, 5) is 12.9. The van der Waals surface area contributed by atoms with Crippen LogP contribution in [0.15, 0.2) is 0 Å². The lowest BCUT2D eigenvalue weighted by Crippen LogP contribution is -2.50. The van der Waals surface area contributed by atoms with Crippen molar-refractivity contribution < 1.29 is 9.53 Å². The first-order chi connectivity index (χ1) is 5.77. The van der Waals surface area contributed by atoms with E-state index in [-0.39, 0.29) is 12.1 Å². The van der Waals surface area contributed by atoms with E-state index in [1.54, 1.807) is 11.9 Å². The largest absolute Gasteiger partial charge is 0.373 e. The summed E-state index contributed by atoms with van der Waals surface area (Å²) >= 11 is 0. The molecule has 5 heteroatoms. The molecule has 0 aromatic carbocycles. The Balaban J connectivity index is 2.40. The molecule has 1 unspecified atom stereocenters. The Labute approximate surface area is 71.8 Å². The summed E-state index contributed by atoms with van der Waals surface area (Å²) in [5, 5.41) is 2.57. The fourth-order valence-electron chi connectivity index (χ4n) is 1.20. The molecule has 1 aliphatic rings. The topological polar surface area (TPSA) is 67.6 Å². The first-order valence-corrected chi connectivity index (χ1v) is 4.06. The van der Waals surface area contributed by atoms with E-state index in [2.05, 4.69) is 5.32 Å². The third kappa shape index (κ3) is 2.09. The number of morpholine rings is 1. The van der Waals surface area contributed by atoms with Crippen molar-refractivity contribution in [2.45, 2.75) is 6.10 Å². The standard InChI is InChI=1S/C7H15N3O2/c1-9-7(11)10-2-3-12-6(4-8)5-10/h6H,2-5,8H2,1H3,(H,9,11). The van der Waals surface area contributed by atoms with Gasteiger partial charge in [0.2, 0.25) is 0 Å². The molecule has 0 spiro atoms. The van der Waals surface area contributed by atoms with Crippen LogP contribution in [0.25, 0.3) is 0 Å². The minimum absolute atomic E-state index is 0.00366. The first kappa shape index (κ1) is 9.28. The van der Waals surface area contributed by atoms with Crippen LogP contribution in [0.3, 0.4) is 0 Å². The maximum atomic E-state index is 11.1. The summed E-state index contributed by atoms with van der Waals surface area (Å²) in [6.07, 6.45) is -0.00366. The number of amides is 2. The average molecular weight is 173 g/mol. The Hall–Kier alpha value is -0.810. The first-order valence-electron chi connectivity index (χ1n) is 4.06. The van der Waals surface area contributed by atoms with Gasteiger partial charge in [-0.1, -0.05) is 0 Å². The molecule has 0 bridgehead atoms. The van der Waals surface area contributed by atoms with Gasteiger partial charge in [0, 0.05) is 26.7 Å². The van der Waals surface area contributed by atoms with Crippen LogP contribution >= 0.6 is 0 Å². The lowest BCUT2D eigenvalue weighted by atomic mass is 10.3. The molecule has 1 saturated heterocycles. The number of urea groups is 1. The minimum Gasteiger partial charge on any atom is -0.373 e. The van der Waals surface area contributed by atoms with Gasteiger partial charge in [0.1, 0.15) is 0 Å². The second kappa shape index (κ2) is 4.27. The Morgan fingerprint density at radius 2 is 2.58 bits per heavy atom. The second-order valence-corrected chi connectivity index (χ2v) is 2.73. The van der Waals surface area contributed by atoms with E-state index in [0.29, 0.717) is 26.2 Å². The maximum absolute atomic E-state index is 11.1. The number of nitrogens with one attached hydrogen (secondary N) is 1. The molecule has 0 saturated carbocycles. The molecule has 1 fully saturated rings.